The third-order valence-electron chi connectivity index (χ3n) is 3.56. The van der Waals surface area contributed by atoms with Crippen LogP contribution < -0.4 is 5.32 Å². The zero-order valence-corrected chi connectivity index (χ0v) is 10.2. The maximum Gasteiger partial charge on any atom is 0.0561 e. The van der Waals surface area contributed by atoms with Crippen molar-refractivity contribution in [2.75, 3.05) is 19.7 Å². The molecular formula is C12H24N2O. The van der Waals surface area contributed by atoms with E-state index in [0.29, 0.717) is 18.2 Å². The van der Waals surface area contributed by atoms with Crippen molar-refractivity contribution in [1.29, 1.82) is 0 Å². The van der Waals surface area contributed by atoms with Gasteiger partial charge >= 0.3 is 0 Å². The number of hydrogen-bond donors (Lipinski definition) is 1. The van der Waals surface area contributed by atoms with Crippen molar-refractivity contribution in [3.63, 3.8) is 0 Å². The van der Waals surface area contributed by atoms with Gasteiger partial charge in [0.2, 0.25) is 0 Å². The predicted molar refractivity (Wildman–Crippen MR) is 62.1 cm³/mol. The van der Waals surface area contributed by atoms with Gasteiger partial charge in [0.1, 0.15) is 0 Å². The summed E-state index contributed by atoms with van der Waals surface area (Å²) in [5.41, 5.74) is 0. The van der Waals surface area contributed by atoms with Crippen LogP contribution in [-0.4, -0.2) is 48.8 Å². The molecule has 88 valence electrons. The molecule has 0 aliphatic carbocycles. The van der Waals surface area contributed by atoms with E-state index in [1.54, 1.807) is 0 Å². The van der Waals surface area contributed by atoms with Crippen molar-refractivity contribution in [3.8, 4) is 0 Å². The zero-order valence-electron chi connectivity index (χ0n) is 10.2. The lowest BCUT2D eigenvalue weighted by Gasteiger charge is -2.43. The van der Waals surface area contributed by atoms with E-state index in [1.807, 2.05) is 0 Å². The number of nitrogens with zero attached hydrogens (tertiary/aromatic N) is 1. The van der Waals surface area contributed by atoms with Gasteiger partial charge in [-0.3, -0.25) is 4.90 Å². The Balaban J connectivity index is 1.91. The van der Waals surface area contributed by atoms with Gasteiger partial charge in [-0.05, 0) is 33.6 Å². The van der Waals surface area contributed by atoms with Gasteiger partial charge in [-0.1, -0.05) is 0 Å². The van der Waals surface area contributed by atoms with Crippen LogP contribution in [0.2, 0.25) is 0 Å². The second kappa shape index (κ2) is 4.81. The highest BCUT2D eigenvalue weighted by Gasteiger charge is 2.29. The van der Waals surface area contributed by atoms with E-state index in [0.717, 1.165) is 12.6 Å². The molecule has 0 bridgehead atoms. The van der Waals surface area contributed by atoms with Crippen molar-refractivity contribution in [1.82, 2.24) is 10.2 Å². The molecule has 1 N–H and O–H groups in total. The molecule has 4 unspecified atom stereocenters. The van der Waals surface area contributed by atoms with E-state index in [-0.39, 0.29) is 0 Å². The zero-order chi connectivity index (χ0) is 10.8. The molecule has 0 aromatic carbocycles. The van der Waals surface area contributed by atoms with Crippen LogP contribution in [0, 0.1) is 0 Å². The van der Waals surface area contributed by atoms with Crippen LogP contribution in [0.5, 0.6) is 0 Å². The minimum atomic E-state index is 0.448. The minimum absolute atomic E-state index is 0.448. The molecule has 0 spiro atoms. The lowest BCUT2D eigenvalue weighted by Crippen LogP contribution is -2.58. The number of rotatable bonds is 1. The van der Waals surface area contributed by atoms with Crippen LogP contribution in [-0.2, 0) is 4.74 Å². The molecule has 4 atom stereocenters. The monoisotopic (exact) mass is 212 g/mol. The lowest BCUT2D eigenvalue weighted by molar-refractivity contribution is -0.0263. The first-order valence-corrected chi connectivity index (χ1v) is 6.27. The maximum absolute atomic E-state index is 5.61. The topological polar surface area (TPSA) is 24.5 Å². The molecular weight excluding hydrogens is 188 g/mol. The molecule has 0 saturated carbocycles. The molecule has 0 amide bonds. The minimum Gasteiger partial charge on any atom is -0.378 e. The molecule has 0 aromatic heterocycles. The van der Waals surface area contributed by atoms with Crippen molar-refractivity contribution >= 4 is 0 Å². The summed E-state index contributed by atoms with van der Waals surface area (Å²) < 4.78 is 5.61. The molecule has 2 fully saturated rings. The molecule has 3 nitrogen and oxygen atoms in total. The van der Waals surface area contributed by atoms with Gasteiger partial charge in [0.25, 0.3) is 0 Å². The Labute approximate surface area is 93.2 Å². The lowest BCUT2D eigenvalue weighted by atomic mass is 9.99. The van der Waals surface area contributed by atoms with Crippen LogP contribution in [0.4, 0.5) is 0 Å². The highest BCUT2D eigenvalue weighted by atomic mass is 16.5. The van der Waals surface area contributed by atoms with E-state index in [4.69, 9.17) is 4.74 Å². The normalized spacial score (nSPS) is 44.2. The van der Waals surface area contributed by atoms with Gasteiger partial charge in [-0.2, -0.15) is 0 Å². The summed E-state index contributed by atoms with van der Waals surface area (Å²) in [5, 5.41) is 3.59. The van der Waals surface area contributed by atoms with Crippen molar-refractivity contribution in [3.05, 3.63) is 0 Å². The summed E-state index contributed by atoms with van der Waals surface area (Å²) in [7, 11) is 0. The summed E-state index contributed by atoms with van der Waals surface area (Å²) in [6.45, 7) is 10.1. The van der Waals surface area contributed by atoms with E-state index in [1.165, 1.54) is 25.9 Å². The fourth-order valence-corrected chi connectivity index (χ4v) is 2.97. The van der Waals surface area contributed by atoms with E-state index in [2.05, 4.69) is 31.0 Å². The van der Waals surface area contributed by atoms with Crippen molar-refractivity contribution in [2.24, 2.45) is 0 Å². The molecule has 2 rings (SSSR count). The Morgan fingerprint density at radius 1 is 1.13 bits per heavy atom. The standard InChI is InChI=1S/C12H24N2O/c1-9-7-14(8-10(2)13-9)12-4-5-15-11(3)6-12/h9-13H,4-8H2,1-3H3. The molecule has 15 heavy (non-hydrogen) atoms. The third kappa shape index (κ3) is 2.92. The fourth-order valence-electron chi connectivity index (χ4n) is 2.97. The highest BCUT2D eigenvalue weighted by molar-refractivity contribution is 4.87. The Kier molecular flexibility index (Phi) is 3.65. The summed E-state index contributed by atoms with van der Waals surface area (Å²) in [4.78, 5) is 2.66. The van der Waals surface area contributed by atoms with Gasteiger partial charge < -0.3 is 10.1 Å². The summed E-state index contributed by atoms with van der Waals surface area (Å²) in [5.74, 6) is 0. The second-order valence-corrected chi connectivity index (χ2v) is 5.28. The Morgan fingerprint density at radius 3 is 2.40 bits per heavy atom. The molecule has 2 aliphatic heterocycles. The molecule has 0 aromatic rings. The number of nitrogens with one attached hydrogen (secondary N) is 1. The average molecular weight is 212 g/mol. The van der Waals surface area contributed by atoms with Gasteiger partial charge in [-0.25, -0.2) is 0 Å². The Morgan fingerprint density at radius 2 is 1.80 bits per heavy atom. The highest BCUT2D eigenvalue weighted by Crippen LogP contribution is 2.21. The van der Waals surface area contributed by atoms with Gasteiger partial charge in [-0.15, -0.1) is 0 Å². The first-order valence-electron chi connectivity index (χ1n) is 6.27. The molecule has 0 radical (unpaired) electrons. The quantitative estimate of drug-likeness (QED) is 0.707. The Bertz CT molecular complexity index is 200. The molecule has 2 saturated heterocycles. The molecule has 3 heteroatoms. The number of ether oxygens (including phenoxy) is 1. The SMILES string of the molecule is CC1CN(C2CCOC(C)C2)CC(C)N1. The average Bonchev–Trinajstić information content (AvgIpc) is 2.16. The van der Waals surface area contributed by atoms with E-state index >= 15 is 0 Å². The largest absolute Gasteiger partial charge is 0.378 e. The van der Waals surface area contributed by atoms with Gasteiger partial charge in [0.15, 0.2) is 0 Å². The maximum atomic E-state index is 5.61. The first kappa shape index (κ1) is 11.4. The van der Waals surface area contributed by atoms with Crippen LogP contribution in [0.15, 0.2) is 0 Å². The van der Waals surface area contributed by atoms with Crippen LogP contribution >= 0.6 is 0 Å². The summed E-state index contributed by atoms with van der Waals surface area (Å²) in [6, 6.07) is 2.01. The Hall–Kier alpha value is -0.120. The van der Waals surface area contributed by atoms with E-state index < -0.39 is 0 Å². The smallest absolute Gasteiger partial charge is 0.0561 e. The second-order valence-electron chi connectivity index (χ2n) is 5.28. The first-order chi connectivity index (χ1) is 7.15. The van der Waals surface area contributed by atoms with Crippen molar-refractivity contribution in [2.45, 2.75) is 57.8 Å². The van der Waals surface area contributed by atoms with Gasteiger partial charge in [0.05, 0.1) is 6.10 Å². The molecule has 2 aliphatic rings. The van der Waals surface area contributed by atoms with E-state index in [9.17, 15) is 0 Å². The van der Waals surface area contributed by atoms with Crippen LogP contribution in [0.25, 0.3) is 0 Å². The number of hydrogen-bond acceptors (Lipinski definition) is 3. The molecule has 2 heterocycles. The van der Waals surface area contributed by atoms with Crippen LogP contribution in [0.1, 0.15) is 33.6 Å². The summed E-state index contributed by atoms with van der Waals surface area (Å²) >= 11 is 0. The summed E-state index contributed by atoms with van der Waals surface area (Å²) in [6.07, 6.45) is 2.87. The van der Waals surface area contributed by atoms with Crippen molar-refractivity contribution < 1.29 is 4.74 Å². The third-order valence-corrected chi connectivity index (χ3v) is 3.56. The number of piperazine rings is 1. The predicted octanol–water partition coefficient (Wildman–Crippen LogP) is 1.24. The van der Waals surface area contributed by atoms with Gasteiger partial charge in [0, 0.05) is 37.8 Å². The fraction of sp³-hybridized carbons (Fsp3) is 1.00. The van der Waals surface area contributed by atoms with Crippen LogP contribution in [0.3, 0.4) is 0 Å².